The van der Waals surface area contributed by atoms with Gasteiger partial charge in [-0.05, 0) is 0 Å². The molecule has 0 saturated carbocycles. The Kier molecular flexibility index (Phi) is 3.27. The lowest BCUT2D eigenvalue weighted by atomic mass is 10.5. The molecule has 15 heavy (non-hydrogen) atoms. The predicted octanol–water partition coefficient (Wildman–Crippen LogP) is -0.292. The molecule has 84 valence electrons. The molecule has 0 atom stereocenters. The fourth-order valence-electron chi connectivity index (χ4n) is 0.882. The molecule has 1 aromatic heterocycles. The lowest BCUT2D eigenvalue weighted by Gasteiger charge is -2.09. The van der Waals surface area contributed by atoms with Crippen molar-refractivity contribution < 1.29 is 22.4 Å². The molecule has 1 heterocycles. The molecule has 0 fully saturated rings. The van der Waals surface area contributed by atoms with Gasteiger partial charge in [-0.15, -0.1) is 0 Å². The molecule has 0 bridgehead atoms. The van der Waals surface area contributed by atoms with Gasteiger partial charge in [0.25, 0.3) is 5.88 Å². The van der Waals surface area contributed by atoms with E-state index in [0.717, 1.165) is 6.33 Å². The number of nitrogens with zero attached hydrogens (tertiary/aromatic N) is 2. The number of hydrogen-bond donors (Lipinski definition) is 2. The zero-order chi connectivity index (χ0) is 11.5. The second kappa shape index (κ2) is 4.28. The number of nitrogens with one attached hydrogen (secondary N) is 1. The molecular weight excluding hydrogens is 226 g/mol. The van der Waals surface area contributed by atoms with E-state index in [2.05, 4.69) is 9.97 Å². The summed E-state index contributed by atoms with van der Waals surface area (Å²) in [7, 11) is -1.79. The highest BCUT2D eigenvalue weighted by molar-refractivity contribution is 7.87. The molecule has 0 aliphatic carbocycles. The minimum absolute atomic E-state index is 0.0161. The SMILES string of the molecule is COc1ncnc(NS(=O)(=O)O)c1OC. The summed E-state index contributed by atoms with van der Waals surface area (Å²) in [5.74, 6) is -0.164. The van der Waals surface area contributed by atoms with Gasteiger partial charge in [0.1, 0.15) is 6.33 Å². The summed E-state index contributed by atoms with van der Waals surface area (Å²) in [6.07, 6.45) is 1.06. The Morgan fingerprint density at radius 1 is 1.33 bits per heavy atom. The molecule has 0 aliphatic rings. The lowest BCUT2D eigenvalue weighted by molar-refractivity contribution is 0.342. The zero-order valence-electron chi connectivity index (χ0n) is 7.96. The van der Waals surface area contributed by atoms with Gasteiger partial charge in [-0.3, -0.25) is 4.55 Å². The standard InChI is InChI=1S/C6H9N3O5S/c1-13-4-5(9-15(10,11)12)7-3-8-6(4)14-2/h3H,1-2H3,(H,7,8,9)(H,10,11,12). The summed E-state index contributed by atoms with van der Waals surface area (Å²) in [5.41, 5.74) is 0. The van der Waals surface area contributed by atoms with Crippen LogP contribution in [0, 0.1) is 0 Å². The van der Waals surface area contributed by atoms with E-state index in [4.69, 9.17) is 14.0 Å². The molecular formula is C6H9N3O5S. The molecule has 2 N–H and O–H groups in total. The first kappa shape index (κ1) is 11.5. The van der Waals surface area contributed by atoms with Crippen LogP contribution in [0.4, 0.5) is 5.82 Å². The smallest absolute Gasteiger partial charge is 0.358 e. The third kappa shape index (κ3) is 2.92. The van der Waals surface area contributed by atoms with E-state index in [1.165, 1.54) is 14.2 Å². The van der Waals surface area contributed by atoms with Gasteiger partial charge in [-0.1, -0.05) is 0 Å². The Balaban J connectivity index is 3.18. The van der Waals surface area contributed by atoms with Crippen LogP contribution in [0.15, 0.2) is 6.33 Å². The van der Waals surface area contributed by atoms with Crippen LogP contribution in [0.2, 0.25) is 0 Å². The van der Waals surface area contributed by atoms with E-state index in [1.807, 2.05) is 0 Å². The van der Waals surface area contributed by atoms with Crippen molar-refractivity contribution in [3.63, 3.8) is 0 Å². The molecule has 1 aromatic rings. The lowest BCUT2D eigenvalue weighted by Crippen LogP contribution is -2.13. The number of hydrogen-bond acceptors (Lipinski definition) is 6. The maximum Gasteiger partial charge on any atom is 0.358 e. The number of aromatic nitrogens is 2. The van der Waals surface area contributed by atoms with Gasteiger partial charge in [-0.2, -0.15) is 13.4 Å². The first-order chi connectivity index (χ1) is 6.98. The van der Waals surface area contributed by atoms with E-state index in [9.17, 15) is 8.42 Å². The van der Waals surface area contributed by atoms with Crippen LogP contribution in [0.1, 0.15) is 0 Å². The molecule has 0 amide bonds. The summed E-state index contributed by atoms with van der Waals surface area (Å²) in [6.45, 7) is 0. The monoisotopic (exact) mass is 235 g/mol. The highest BCUT2D eigenvalue weighted by atomic mass is 32.2. The van der Waals surface area contributed by atoms with Crippen LogP contribution < -0.4 is 14.2 Å². The van der Waals surface area contributed by atoms with E-state index >= 15 is 0 Å². The van der Waals surface area contributed by atoms with Gasteiger partial charge in [0.2, 0.25) is 5.75 Å². The molecule has 0 radical (unpaired) electrons. The van der Waals surface area contributed by atoms with Crippen molar-refractivity contribution in [1.82, 2.24) is 9.97 Å². The predicted molar refractivity (Wildman–Crippen MR) is 50.3 cm³/mol. The first-order valence-corrected chi connectivity index (χ1v) is 5.10. The van der Waals surface area contributed by atoms with E-state index in [-0.39, 0.29) is 17.4 Å². The van der Waals surface area contributed by atoms with E-state index in [1.54, 1.807) is 4.72 Å². The molecule has 1 rings (SSSR count). The molecule has 0 aliphatic heterocycles. The summed E-state index contributed by atoms with van der Waals surface area (Å²) in [5, 5.41) is 0. The zero-order valence-corrected chi connectivity index (χ0v) is 8.78. The summed E-state index contributed by atoms with van der Waals surface area (Å²) in [6, 6.07) is 0. The van der Waals surface area contributed by atoms with E-state index in [0.29, 0.717) is 0 Å². The normalized spacial score (nSPS) is 10.9. The minimum atomic E-state index is -4.41. The number of anilines is 1. The molecule has 0 aromatic carbocycles. The second-order valence-electron chi connectivity index (χ2n) is 2.34. The second-order valence-corrected chi connectivity index (χ2v) is 3.50. The van der Waals surface area contributed by atoms with Crippen LogP contribution in [-0.2, 0) is 10.3 Å². The molecule has 0 unspecified atom stereocenters. The maximum atomic E-state index is 10.6. The number of ether oxygens (including phenoxy) is 2. The van der Waals surface area contributed by atoms with Crippen molar-refractivity contribution in [3.05, 3.63) is 6.33 Å². The van der Waals surface area contributed by atoms with Gasteiger partial charge < -0.3 is 9.47 Å². The third-order valence-corrected chi connectivity index (χ3v) is 1.85. The van der Waals surface area contributed by atoms with Gasteiger partial charge in [0.15, 0.2) is 5.82 Å². The fraction of sp³-hybridized carbons (Fsp3) is 0.333. The van der Waals surface area contributed by atoms with Crippen LogP contribution in [-0.4, -0.2) is 37.2 Å². The van der Waals surface area contributed by atoms with Gasteiger partial charge in [-0.25, -0.2) is 9.71 Å². The Bertz CT molecular complexity index is 446. The fourth-order valence-corrected chi connectivity index (χ4v) is 1.27. The van der Waals surface area contributed by atoms with Crippen LogP contribution in [0.3, 0.4) is 0 Å². The van der Waals surface area contributed by atoms with Crippen LogP contribution >= 0.6 is 0 Å². The Labute approximate surface area is 86.1 Å². The Morgan fingerprint density at radius 3 is 2.47 bits per heavy atom. The van der Waals surface area contributed by atoms with Crippen molar-refractivity contribution >= 4 is 16.1 Å². The van der Waals surface area contributed by atoms with Crippen LogP contribution in [0.5, 0.6) is 11.6 Å². The van der Waals surface area contributed by atoms with Gasteiger partial charge in [0, 0.05) is 0 Å². The largest absolute Gasteiger partial charge is 0.489 e. The topological polar surface area (TPSA) is 111 Å². The average molecular weight is 235 g/mol. The van der Waals surface area contributed by atoms with Crippen molar-refractivity contribution in [1.29, 1.82) is 0 Å². The third-order valence-electron chi connectivity index (χ3n) is 1.39. The van der Waals surface area contributed by atoms with Gasteiger partial charge in [0.05, 0.1) is 14.2 Å². The summed E-state index contributed by atoms with van der Waals surface area (Å²) in [4.78, 5) is 7.26. The Morgan fingerprint density at radius 2 is 2.00 bits per heavy atom. The van der Waals surface area contributed by atoms with Crippen molar-refractivity contribution in [3.8, 4) is 11.6 Å². The molecule has 0 spiro atoms. The van der Waals surface area contributed by atoms with Crippen LogP contribution in [0.25, 0.3) is 0 Å². The van der Waals surface area contributed by atoms with E-state index < -0.39 is 10.3 Å². The molecule has 8 nitrogen and oxygen atoms in total. The van der Waals surface area contributed by atoms with Gasteiger partial charge >= 0.3 is 10.3 Å². The highest BCUT2D eigenvalue weighted by Crippen LogP contribution is 2.30. The quantitative estimate of drug-likeness (QED) is 0.689. The van der Waals surface area contributed by atoms with Crippen molar-refractivity contribution in [2.45, 2.75) is 0 Å². The highest BCUT2D eigenvalue weighted by Gasteiger charge is 2.16. The Hall–Kier alpha value is -1.61. The summed E-state index contributed by atoms with van der Waals surface area (Å²) >= 11 is 0. The minimum Gasteiger partial charge on any atom is -0.489 e. The first-order valence-electron chi connectivity index (χ1n) is 3.66. The average Bonchev–Trinajstić information content (AvgIpc) is 2.15. The molecule has 0 saturated heterocycles. The van der Waals surface area contributed by atoms with Crippen molar-refractivity contribution in [2.24, 2.45) is 0 Å². The number of methoxy groups -OCH3 is 2. The number of rotatable bonds is 4. The maximum absolute atomic E-state index is 10.6. The van der Waals surface area contributed by atoms with Crippen molar-refractivity contribution in [2.75, 3.05) is 18.9 Å². The summed E-state index contributed by atoms with van der Waals surface area (Å²) < 4.78 is 41.0. The molecule has 9 heteroatoms.